The van der Waals surface area contributed by atoms with Gasteiger partial charge in [0.15, 0.2) is 0 Å². The molecule has 2 aromatic rings. The predicted octanol–water partition coefficient (Wildman–Crippen LogP) is 2.59. The van der Waals surface area contributed by atoms with Gasteiger partial charge in [0.2, 0.25) is 0 Å². The molecule has 6 nitrogen and oxygen atoms in total. The second kappa shape index (κ2) is 8.08. The van der Waals surface area contributed by atoms with Crippen molar-refractivity contribution in [2.45, 2.75) is 25.5 Å². The van der Waals surface area contributed by atoms with Crippen LogP contribution in [0.2, 0.25) is 10.0 Å². The van der Waals surface area contributed by atoms with Crippen molar-refractivity contribution < 1.29 is 9.84 Å². The maximum Gasteiger partial charge on any atom is 0.287 e. The van der Waals surface area contributed by atoms with E-state index in [1.807, 2.05) is 4.90 Å². The molecule has 0 spiro atoms. The molecule has 1 N–H and O–H groups in total. The van der Waals surface area contributed by atoms with Crippen LogP contribution in [-0.4, -0.2) is 40.7 Å². The Morgan fingerprint density at radius 1 is 1.20 bits per heavy atom. The van der Waals surface area contributed by atoms with Crippen LogP contribution >= 0.6 is 23.2 Å². The fourth-order valence-corrected chi connectivity index (χ4v) is 3.12. The van der Waals surface area contributed by atoms with Gasteiger partial charge in [-0.3, -0.25) is 4.79 Å². The van der Waals surface area contributed by atoms with Crippen molar-refractivity contribution in [3.63, 3.8) is 0 Å². The van der Waals surface area contributed by atoms with Gasteiger partial charge in [-0.15, -0.1) is 0 Å². The fraction of sp³-hybridized carbons (Fsp3) is 0.412. The zero-order chi connectivity index (χ0) is 17.8. The van der Waals surface area contributed by atoms with Crippen molar-refractivity contribution in [1.82, 2.24) is 9.78 Å². The van der Waals surface area contributed by atoms with E-state index in [-0.39, 0.29) is 16.7 Å². The monoisotopic (exact) mass is 383 g/mol. The Bertz CT molecular complexity index is 772. The van der Waals surface area contributed by atoms with Crippen molar-refractivity contribution in [3.8, 4) is 5.75 Å². The molecule has 0 unspecified atom stereocenters. The summed E-state index contributed by atoms with van der Waals surface area (Å²) < 4.78 is 6.87. The molecule has 134 valence electrons. The lowest BCUT2D eigenvalue weighted by Crippen LogP contribution is -2.37. The number of nitrogens with zero attached hydrogens (tertiary/aromatic N) is 3. The molecular formula is C17H19Cl2N3O3. The molecule has 0 aliphatic carbocycles. The highest BCUT2D eigenvalue weighted by atomic mass is 35.5. The minimum absolute atomic E-state index is 0.151. The van der Waals surface area contributed by atoms with Crippen molar-refractivity contribution in [3.05, 3.63) is 50.9 Å². The lowest BCUT2D eigenvalue weighted by Gasteiger charge is -2.31. The second-order valence-electron chi connectivity index (χ2n) is 5.89. The third kappa shape index (κ3) is 4.45. The number of anilines is 1. The first-order valence-electron chi connectivity index (χ1n) is 8.11. The van der Waals surface area contributed by atoms with Gasteiger partial charge in [-0.1, -0.05) is 23.2 Å². The summed E-state index contributed by atoms with van der Waals surface area (Å²) in [6.45, 7) is 1.90. The van der Waals surface area contributed by atoms with Crippen LogP contribution in [0.5, 0.6) is 5.75 Å². The summed E-state index contributed by atoms with van der Waals surface area (Å²) in [5.74, 6) is 0.673. The van der Waals surface area contributed by atoms with E-state index < -0.39 is 0 Å². The van der Waals surface area contributed by atoms with Crippen molar-refractivity contribution in [2.75, 3.05) is 24.6 Å². The molecule has 1 aromatic heterocycles. The molecule has 0 saturated carbocycles. The van der Waals surface area contributed by atoms with Crippen LogP contribution in [0.25, 0.3) is 0 Å². The number of benzene rings is 1. The minimum Gasteiger partial charge on any atom is -0.492 e. The lowest BCUT2D eigenvalue weighted by molar-refractivity contribution is 0.145. The Hall–Kier alpha value is -1.76. The first-order chi connectivity index (χ1) is 12.0. The number of rotatable bonds is 5. The Labute approximate surface area is 155 Å². The predicted molar refractivity (Wildman–Crippen MR) is 97.9 cm³/mol. The van der Waals surface area contributed by atoms with Gasteiger partial charge in [0.05, 0.1) is 24.5 Å². The van der Waals surface area contributed by atoms with E-state index >= 15 is 0 Å². The molecule has 8 heteroatoms. The van der Waals surface area contributed by atoms with E-state index in [9.17, 15) is 9.90 Å². The maximum absolute atomic E-state index is 12.4. The fourth-order valence-electron chi connectivity index (χ4n) is 2.72. The smallest absolute Gasteiger partial charge is 0.287 e. The molecule has 1 aliphatic rings. The summed E-state index contributed by atoms with van der Waals surface area (Å²) >= 11 is 12.1. The average molecular weight is 384 g/mol. The molecular weight excluding hydrogens is 365 g/mol. The molecule has 2 heterocycles. The van der Waals surface area contributed by atoms with Crippen LogP contribution in [0, 0.1) is 0 Å². The molecule has 0 amide bonds. The zero-order valence-electron chi connectivity index (χ0n) is 13.6. The number of ether oxygens (including phenoxy) is 1. The van der Waals surface area contributed by atoms with Gasteiger partial charge in [0.1, 0.15) is 17.4 Å². The number of hydrogen-bond donors (Lipinski definition) is 1. The van der Waals surface area contributed by atoms with Crippen LogP contribution in [-0.2, 0) is 6.54 Å². The van der Waals surface area contributed by atoms with Crippen LogP contribution in [0.15, 0.2) is 35.3 Å². The lowest BCUT2D eigenvalue weighted by atomic mass is 10.1. The molecule has 0 bridgehead atoms. The maximum atomic E-state index is 12.4. The third-order valence-corrected chi connectivity index (χ3v) is 4.76. The minimum atomic E-state index is -0.343. The topological polar surface area (TPSA) is 67.6 Å². The SMILES string of the molecule is O=c1c(Cl)c(N2CCC(O)CC2)cnn1CCOc1ccc(Cl)cc1. The highest BCUT2D eigenvalue weighted by Crippen LogP contribution is 2.24. The molecule has 1 fully saturated rings. The Balaban J connectivity index is 1.64. The Morgan fingerprint density at radius 3 is 2.56 bits per heavy atom. The number of halogens is 2. The summed E-state index contributed by atoms with van der Waals surface area (Å²) in [6.07, 6.45) is 2.64. The normalized spacial score (nSPS) is 15.4. The first kappa shape index (κ1) is 18.0. The molecule has 25 heavy (non-hydrogen) atoms. The summed E-state index contributed by atoms with van der Waals surface area (Å²) in [5, 5.41) is 14.6. The molecule has 0 radical (unpaired) electrons. The van der Waals surface area contributed by atoms with Gasteiger partial charge in [-0.05, 0) is 37.1 Å². The van der Waals surface area contributed by atoms with Crippen molar-refractivity contribution in [1.29, 1.82) is 0 Å². The third-order valence-electron chi connectivity index (χ3n) is 4.16. The number of aromatic nitrogens is 2. The Morgan fingerprint density at radius 2 is 1.88 bits per heavy atom. The highest BCUT2D eigenvalue weighted by molar-refractivity contribution is 6.33. The largest absolute Gasteiger partial charge is 0.492 e. The van der Waals surface area contributed by atoms with Gasteiger partial charge in [0.25, 0.3) is 5.56 Å². The summed E-state index contributed by atoms with van der Waals surface area (Å²) in [5.41, 5.74) is 0.276. The van der Waals surface area contributed by atoms with Gasteiger partial charge < -0.3 is 14.7 Å². The standard InChI is InChI=1S/C17H19Cl2N3O3/c18-12-1-3-14(4-2-12)25-10-9-22-17(24)16(19)15(11-20-22)21-7-5-13(23)6-8-21/h1-4,11,13,23H,5-10H2. The van der Waals surface area contributed by atoms with E-state index in [4.69, 9.17) is 27.9 Å². The van der Waals surface area contributed by atoms with E-state index in [1.54, 1.807) is 30.5 Å². The van der Waals surface area contributed by atoms with Crippen molar-refractivity contribution in [2.24, 2.45) is 0 Å². The molecule has 1 aliphatic heterocycles. The first-order valence-corrected chi connectivity index (χ1v) is 8.87. The molecule has 3 rings (SSSR count). The number of aliphatic hydroxyl groups excluding tert-OH is 1. The van der Waals surface area contributed by atoms with Gasteiger partial charge in [-0.25, -0.2) is 4.68 Å². The van der Waals surface area contributed by atoms with E-state index in [1.165, 1.54) is 4.68 Å². The van der Waals surface area contributed by atoms with Crippen LogP contribution in [0.1, 0.15) is 12.8 Å². The van der Waals surface area contributed by atoms with E-state index in [2.05, 4.69) is 5.10 Å². The molecule has 1 aromatic carbocycles. The second-order valence-corrected chi connectivity index (χ2v) is 6.71. The van der Waals surface area contributed by atoms with Gasteiger partial charge in [0, 0.05) is 18.1 Å². The van der Waals surface area contributed by atoms with Gasteiger partial charge in [-0.2, -0.15) is 5.10 Å². The number of hydrogen-bond acceptors (Lipinski definition) is 5. The van der Waals surface area contributed by atoms with Crippen molar-refractivity contribution >= 4 is 28.9 Å². The van der Waals surface area contributed by atoms with Crippen LogP contribution in [0.3, 0.4) is 0 Å². The average Bonchev–Trinajstić information content (AvgIpc) is 2.61. The molecule has 1 saturated heterocycles. The highest BCUT2D eigenvalue weighted by Gasteiger charge is 2.21. The van der Waals surface area contributed by atoms with Crippen LogP contribution in [0.4, 0.5) is 5.69 Å². The Kier molecular flexibility index (Phi) is 5.83. The summed E-state index contributed by atoms with van der Waals surface area (Å²) in [4.78, 5) is 14.4. The quantitative estimate of drug-likeness (QED) is 0.859. The molecule has 0 atom stereocenters. The summed E-state index contributed by atoms with van der Waals surface area (Å²) in [7, 11) is 0. The van der Waals surface area contributed by atoms with Crippen LogP contribution < -0.4 is 15.2 Å². The summed E-state index contributed by atoms with van der Waals surface area (Å²) in [6, 6.07) is 7.00. The zero-order valence-corrected chi connectivity index (χ0v) is 15.1. The number of piperidine rings is 1. The van der Waals surface area contributed by atoms with E-state index in [0.29, 0.717) is 55.5 Å². The number of aliphatic hydroxyl groups is 1. The van der Waals surface area contributed by atoms with E-state index in [0.717, 1.165) is 0 Å². The van der Waals surface area contributed by atoms with Gasteiger partial charge >= 0.3 is 0 Å².